The van der Waals surface area contributed by atoms with Crippen molar-refractivity contribution in [1.29, 1.82) is 0 Å². The van der Waals surface area contributed by atoms with Crippen molar-refractivity contribution in [2.45, 2.75) is 83.3 Å². The molecule has 5 heteroatoms. The summed E-state index contributed by atoms with van der Waals surface area (Å²) in [5, 5.41) is 0. The molecule has 1 aliphatic carbocycles. The van der Waals surface area contributed by atoms with Crippen molar-refractivity contribution in [3.8, 4) is 0 Å². The van der Waals surface area contributed by atoms with Crippen LogP contribution in [0.1, 0.15) is 65.7 Å². The molecule has 0 radical (unpaired) electrons. The Morgan fingerprint density at radius 3 is 2.87 bits per heavy atom. The minimum Gasteiger partial charge on any atom is -0.321 e. The van der Waals surface area contributed by atoms with Crippen LogP contribution < -0.4 is 0 Å². The molecule has 5 fully saturated rings. The van der Waals surface area contributed by atoms with Crippen molar-refractivity contribution in [2.75, 3.05) is 6.54 Å². The molecule has 0 aromatic rings. The highest BCUT2D eigenvalue weighted by Crippen LogP contribution is 2.59. The second-order valence-corrected chi connectivity index (χ2v) is 8.17. The van der Waals surface area contributed by atoms with Gasteiger partial charge in [0.15, 0.2) is 11.8 Å². The lowest BCUT2D eigenvalue weighted by Gasteiger charge is -2.60. The number of likely N-dealkylation sites (tertiary alicyclic amines) is 1. The Balaban J connectivity index is 1.76. The van der Waals surface area contributed by atoms with Crippen molar-refractivity contribution in [1.82, 2.24) is 4.90 Å². The van der Waals surface area contributed by atoms with Gasteiger partial charge in [0.1, 0.15) is 0 Å². The van der Waals surface area contributed by atoms with Crippen LogP contribution in [0.2, 0.25) is 0 Å². The predicted octanol–water partition coefficient (Wildman–Crippen LogP) is 3.23. The molecule has 6 atom stereocenters. The first kappa shape index (κ1) is 15.9. The number of fused-ring (bicyclic) bond motifs is 2. The van der Waals surface area contributed by atoms with Gasteiger partial charge in [-0.3, -0.25) is 4.79 Å². The zero-order valence-corrected chi connectivity index (χ0v) is 14.5. The van der Waals surface area contributed by atoms with Crippen molar-refractivity contribution in [3.63, 3.8) is 0 Å². The number of amides is 1. The fourth-order valence-corrected chi connectivity index (χ4v) is 5.33. The Morgan fingerprint density at radius 1 is 1.26 bits per heavy atom. The molecule has 2 bridgehead atoms. The molecule has 1 spiro atoms. The van der Waals surface area contributed by atoms with E-state index in [4.69, 9.17) is 14.5 Å². The molecule has 0 unspecified atom stereocenters. The van der Waals surface area contributed by atoms with Crippen LogP contribution in [-0.4, -0.2) is 35.0 Å². The minimum absolute atomic E-state index is 0.224. The fraction of sp³-hybridized carbons (Fsp3) is 0.944. The van der Waals surface area contributed by atoms with Gasteiger partial charge in [0, 0.05) is 25.3 Å². The number of carbonyl (C=O) groups is 1. The number of nitrogens with zero attached hydrogens (tertiary/aromatic N) is 1. The second-order valence-electron chi connectivity index (χ2n) is 8.17. The number of piperidine rings is 1. The van der Waals surface area contributed by atoms with Crippen molar-refractivity contribution >= 4 is 5.91 Å². The number of rotatable bonds is 3. The van der Waals surface area contributed by atoms with Gasteiger partial charge in [0.25, 0.3) is 0 Å². The largest absolute Gasteiger partial charge is 0.321 e. The molecule has 4 heterocycles. The molecular formula is C18H29NO4. The summed E-state index contributed by atoms with van der Waals surface area (Å²) < 4.78 is 6.42. The van der Waals surface area contributed by atoms with Crippen LogP contribution in [0.3, 0.4) is 0 Å². The molecular weight excluding hydrogens is 294 g/mol. The zero-order valence-electron chi connectivity index (χ0n) is 14.5. The van der Waals surface area contributed by atoms with E-state index >= 15 is 0 Å². The molecule has 23 heavy (non-hydrogen) atoms. The van der Waals surface area contributed by atoms with Crippen LogP contribution in [0.5, 0.6) is 0 Å². The zero-order chi connectivity index (χ0) is 16.2. The normalized spacial score (nSPS) is 49.0. The molecule has 0 aromatic carbocycles. The third kappa shape index (κ3) is 2.19. The van der Waals surface area contributed by atoms with E-state index in [1.807, 2.05) is 11.8 Å². The molecule has 5 nitrogen and oxygen atoms in total. The third-order valence-corrected chi connectivity index (χ3v) is 6.67. The SMILES string of the molecule is CCCCN1C(=O)C[C@@H]2CC[C@@H](C)[C@@H]3CC[C@@]4(C)OO[C@@]23[C@H]1O4. The lowest BCUT2D eigenvalue weighted by Crippen LogP contribution is -2.73. The van der Waals surface area contributed by atoms with Crippen LogP contribution in [-0.2, 0) is 19.3 Å². The summed E-state index contributed by atoms with van der Waals surface area (Å²) in [5.74, 6) is 0.726. The van der Waals surface area contributed by atoms with E-state index < -0.39 is 11.4 Å². The van der Waals surface area contributed by atoms with Crippen LogP contribution >= 0.6 is 0 Å². The average molecular weight is 323 g/mol. The van der Waals surface area contributed by atoms with E-state index in [9.17, 15) is 4.79 Å². The summed E-state index contributed by atoms with van der Waals surface area (Å²) in [4.78, 5) is 26.7. The van der Waals surface area contributed by atoms with Gasteiger partial charge in [-0.2, -0.15) is 0 Å². The van der Waals surface area contributed by atoms with Gasteiger partial charge in [-0.25, -0.2) is 9.78 Å². The smallest absolute Gasteiger partial charge is 0.225 e. The highest BCUT2D eigenvalue weighted by molar-refractivity contribution is 5.78. The summed E-state index contributed by atoms with van der Waals surface area (Å²) in [6.07, 6.45) is 6.47. The molecule has 5 aliphatic rings. The molecule has 1 saturated carbocycles. The Bertz CT molecular complexity index is 493. The van der Waals surface area contributed by atoms with E-state index in [2.05, 4.69) is 13.8 Å². The van der Waals surface area contributed by atoms with E-state index in [-0.39, 0.29) is 18.1 Å². The van der Waals surface area contributed by atoms with Gasteiger partial charge in [0.2, 0.25) is 11.7 Å². The van der Waals surface area contributed by atoms with E-state index in [0.29, 0.717) is 18.3 Å². The topological polar surface area (TPSA) is 48.0 Å². The van der Waals surface area contributed by atoms with E-state index in [0.717, 1.165) is 38.6 Å². The van der Waals surface area contributed by atoms with Crippen molar-refractivity contribution in [3.05, 3.63) is 0 Å². The summed E-state index contributed by atoms with van der Waals surface area (Å²) in [6, 6.07) is 0. The first-order valence-corrected chi connectivity index (χ1v) is 9.34. The van der Waals surface area contributed by atoms with Gasteiger partial charge >= 0.3 is 0 Å². The summed E-state index contributed by atoms with van der Waals surface area (Å²) in [7, 11) is 0. The van der Waals surface area contributed by atoms with Crippen LogP contribution in [0.15, 0.2) is 0 Å². The maximum absolute atomic E-state index is 12.8. The number of hydrogen-bond acceptors (Lipinski definition) is 4. The fourth-order valence-electron chi connectivity index (χ4n) is 5.33. The van der Waals surface area contributed by atoms with Gasteiger partial charge in [-0.15, -0.1) is 0 Å². The Morgan fingerprint density at radius 2 is 2.09 bits per heavy atom. The lowest BCUT2D eigenvalue weighted by atomic mass is 9.59. The van der Waals surface area contributed by atoms with Crippen molar-refractivity contribution in [2.24, 2.45) is 17.8 Å². The Labute approximate surface area is 138 Å². The summed E-state index contributed by atoms with van der Waals surface area (Å²) in [6.45, 7) is 7.19. The highest BCUT2D eigenvalue weighted by Gasteiger charge is 2.68. The van der Waals surface area contributed by atoms with Gasteiger partial charge in [-0.05, 0) is 44.4 Å². The average Bonchev–Trinajstić information content (AvgIpc) is 2.76. The molecule has 1 amide bonds. The van der Waals surface area contributed by atoms with Crippen LogP contribution in [0.4, 0.5) is 0 Å². The van der Waals surface area contributed by atoms with Crippen LogP contribution in [0, 0.1) is 17.8 Å². The molecule has 0 N–H and O–H groups in total. The van der Waals surface area contributed by atoms with Crippen LogP contribution in [0.25, 0.3) is 0 Å². The van der Waals surface area contributed by atoms with Gasteiger partial charge < -0.3 is 9.64 Å². The van der Waals surface area contributed by atoms with Gasteiger partial charge in [-0.1, -0.05) is 20.3 Å². The molecule has 4 saturated heterocycles. The maximum Gasteiger partial charge on any atom is 0.225 e. The highest BCUT2D eigenvalue weighted by atomic mass is 17.3. The number of hydrogen-bond donors (Lipinski definition) is 0. The number of carbonyl (C=O) groups excluding carboxylic acids is 1. The monoisotopic (exact) mass is 323 g/mol. The molecule has 5 rings (SSSR count). The summed E-state index contributed by atoms with van der Waals surface area (Å²) in [5.41, 5.74) is -0.463. The van der Waals surface area contributed by atoms with Crippen molar-refractivity contribution < 1.29 is 19.3 Å². The Kier molecular flexibility index (Phi) is 3.74. The quantitative estimate of drug-likeness (QED) is 0.748. The maximum atomic E-state index is 12.8. The molecule has 4 aliphatic heterocycles. The van der Waals surface area contributed by atoms with Gasteiger partial charge in [0.05, 0.1) is 0 Å². The second kappa shape index (κ2) is 5.43. The molecule has 0 aromatic heterocycles. The lowest BCUT2D eigenvalue weighted by molar-refractivity contribution is -0.546. The third-order valence-electron chi connectivity index (χ3n) is 6.67. The minimum atomic E-state index is -0.723. The molecule has 130 valence electrons. The first-order valence-electron chi connectivity index (χ1n) is 9.34. The first-order chi connectivity index (χ1) is 11.0. The van der Waals surface area contributed by atoms with E-state index in [1.165, 1.54) is 6.42 Å². The van der Waals surface area contributed by atoms with E-state index in [1.54, 1.807) is 0 Å². The Hall–Kier alpha value is -0.650. The standard InChI is InChI=1S/C18H29NO4/c1-4-5-10-19-15(20)11-13-7-6-12(2)14-8-9-17(3)21-16(19)18(13,14)23-22-17/h12-14,16H,4-11H2,1-3H3/t12-,13+,14+,16-,17-,18+/m1/s1. The number of unbranched alkanes of at least 4 members (excludes halogenated alkanes) is 1. The summed E-state index contributed by atoms with van der Waals surface area (Å²) >= 11 is 0. The predicted molar refractivity (Wildman–Crippen MR) is 84.0 cm³/mol. The number of ether oxygens (including phenoxy) is 1.